The van der Waals surface area contributed by atoms with Crippen LogP contribution in [0, 0.1) is 0 Å². The number of hydrogen-bond donors (Lipinski definition) is 2. The first-order valence-electron chi connectivity index (χ1n) is 8.86. The number of carbonyl (C=O) groups excluding carboxylic acids is 2. The maximum atomic E-state index is 12.6. The van der Waals surface area contributed by atoms with E-state index in [4.69, 9.17) is 0 Å². The van der Waals surface area contributed by atoms with Gasteiger partial charge in [-0.2, -0.15) is 13.2 Å². The molecule has 0 spiro atoms. The monoisotopic (exact) mass is 391 g/mol. The number of hydrogen-bond acceptors (Lipinski definition) is 3. The first-order chi connectivity index (χ1) is 13.3. The van der Waals surface area contributed by atoms with E-state index in [1.807, 2.05) is 35.2 Å². The highest BCUT2D eigenvalue weighted by atomic mass is 19.4. The van der Waals surface area contributed by atoms with Crippen molar-refractivity contribution in [3.8, 4) is 0 Å². The second-order valence-corrected chi connectivity index (χ2v) is 6.57. The van der Waals surface area contributed by atoms with E-state index in [1.54, 1.807) is 0 Å². The van der Waals surface area contributed by atoms with Gasteiger partial charge in [0.2, 0.25) is 11.8 Å². The van der Waals surface area contributed by atoms with E-state index < -0.39 is 11.7 Å². The zero-order valence-corrected chi connectivity index (χ0v) is 15.0. The van der Waals surface area contributed by atoms with Gasteiger partial charge < -0.3 is 10.6 Å². The van der Waals surface area contributed by atoms with Crippen molar-refractivity contribution in [1.29, 1.82) is 0 Å². The van der Waals surface area contributed by atoms with Crippen molar-refractivity contribution >= 4 is 17.5 Å². The van der Waals surface area contributed by atoms with Crippen LogP contribution < -0.4 is 10.6 Å². The smallest absolute Gasteiger partial charge is 0.355 e. The second kappa shape index (κ2) is 8.43. The van der Waals surface area contributed by atoms with Gasteiger partial charge in [0.05, 0.1) is 12.1 Å². The first-order valence-corrected chi connectivity index (χ1v) is 8.86. The van der Waals surface area contributed by atoms with Gasteiger partial charge in [0.15, 0.2) is 0 Å². The molecule has 2 amide bonds. The standard InChI is InChI=1S/C20H20F3N3O2/c21-20(22,23)15-6-8-16(9-7-15)25-19(28)13-26-11-10-24-18(27)12-17(26)14-4-2-1-3-5-14/h1-9,17H,10-13H2,(H,24,27)(H,25,28)/t17-/m1/s1. The number of amides is 2. The number of carbonyl (C=O) groups is 2. The minimum Gasteiger partial charge on any atom is -0.355 e. The average molecular weight is 391 g/mol. The fraction of sp³-hybridized carbons (Fsp3) is 0.300. The Balaban J connectivity index is 1.69. The van der Waals surface area contributed by atoms with Crippen LogP contribution in [-0.4, -0.2) is 36.3 Å². The van der Waals surface area contributed by atoms with Crippen LogP contribution >= 0.6 is 0 Å². The van der Waals surface area contributed by atoms with E-state index in [9.17, 15) is 22.8 Å². The fourth-order valence-electron chi connectivity index (χ4n) is 3.19. The highest BCUT2D eigenvalue weighted by Crippen LogP contribution is 2.30. The molecular weight excluding hydrogens is 371 g/mol. The third-order valence-electron chi connectivity index (χ3n) is 4.57. The number of anilines is 1. The Hall–Kier alpha value is -2.87. The number of benzene rings is 2. The van der Waals surface area contributed by atoms with Crippen LogP contribution in [0.4, 0.5) is 18.9 Å². The quantitative estimate of drug-likeness (QED) is 0.842. The van der Waals surface area contributed by atoms with Crippen LogP contribution in [0.5, 0.6) is 0 Å². The van der Waals surface area contributed by atoms with E-state index >= 15 is 0 Å². The van der Waals surface area contributed by atoms with Crippen LogP contribution in [-0.2, 0) is 15.8 Å². The molecule has 0 radical (unpaired) electrons. The molecule has 1 heterocycles. The van der Waals surface area contributed by atoms with E-state index in [1.165, 1.54) is 12.1 Å². The van der Waals surface area contributed by atoms with E-state index in [2.05, 4.69) is 10.6 Å². The third kappa shape index (κ3) is 5.10. The summed E-state index contributed by atoms with van der Waals surface area (Å²) in [6.07, 6.45) is -4.19. The van der Waals surface area contributed by atoms with E-state index in [-0.39, 0.29) is 30.8 Å². The van der Waals surface area contributed by atoms with Gasteiger partial charge in [-0.3, -0.25) is 14.5 Å². The molecule has 1 fully saturated rings. The average Bonchev–Trinajstić information content (AvgIpc) is 2.83. The van der Waals surface area contributed by atoms with Crippen molar-refractivity contribution in [3.05, 3.63) is 65.7 Å². The molecule has 1 aliphatic heterocycles. The number of halogens is 3. The number of rotatable bonds is 4. The predicted molar refractivity (Wildman–Crippen MR) is 98.5 cm³/mol. The Kier molecular flexibility index (Phi) is 5.99. The molecule has 0 bridgehead atoms. The lowest BCUT2D eigenvalue weighted by Crippen LogP contribution is -2.37. The normalized spacial score (nSPS) is 18.2. The molecule has 0 aromatic heterocycles. The lowest BCUT2D eigenvalue weighted by atomic mass is 10.0. The van der Waals surface area contributed by atoms with Crippen LogP contribution in [0.15, 0.2) is 54.6 Å². The van der Waals surface area contributed by atoms with E-state index in [0.29, 0.717) is 18.8 Å². The maximum Gasteiger partial charge on any atom is 0.416 e. The molecule has 1 atom stereocenters. The third-order valence-corrected chi connectivity index (χ3v) is 4.57. The van der Waals surface area contributed by atoms with Gasteiger partial charge in [-0.15, -0.1) is 0 Å². The molecule has 148 valence electrons. The summed E-state index contributed by atoms with van der Waals surface area (Å²) in [5.74, 6) is -0.436. The minimum absolute atomic E-state index is 0.0234. The van der Waals surface area contributed by atoms with Crippen molar-refractivity contribution in [2.75, 3.05) is 25.0 Å². The summed E-state index contributed by atoms with van der Waals surface area (Å²) in [7, 11) is 0. The Morgan fingerprint density at radius 2 is 1.79 bits per heavy atom. The molecule has 0 unspecified atom stereocenters. The lowest BCUT2D eigenvalue weighted by molar-refractivity contribution is -0.137. The van der Waals surface area contributed by atoms with Crippen LogP contribution in [0.3, 0.4) is 0 Å². The molecule has 28 heavy (non-hydrogen) atoms. The van der Waals surface area contributed by atoms with Gasteiger partial charge >= 0.3 is 6.18 Å². The van der Waals surface area contributed by atoms with Crippen LogP contribution in [0.2, 0.25) is 0 Å². The predicted octanol–water partition coefficient (Wildman–Crippen LogP) is 3.21. The van der Waals surface area contributed by atoms with Gasteiger partial charge in [-0.25, -0.2) is 0 Å². The molecule has 0 aliphatic carbocycles. The zero-order valence-electron chi connectivity index (χ0n) is 15.0. The van der Waals surface area contributed by atoms with Gasteiger partial charge in [0, 0.05) is 31.2 Å². The summed E-state index contributed by atoms with van der Waals surface area (Å²) in [4.78, 5) is 26.3. The molecular formula is C20H20F3N3O2. The number of nitrogens with zero attached hydrogens (tertiary/aromatic N) is 1. The van der Waals surface area contributed by atoms with Crippen molar-refractivity contribution in [2.45, 2.75) is 18.6 Å². The molecule has 2 N–H and O–H groups in total. The summed E-state index contributed by atoms with van der Waals surface area (Å²) >= 11 is 0. The summed E-state index contributed by atoms with van der Waals surface area (Å²) in [5.41, 5.74) is 0.451. The van der Waals surface area contributed by atoms with Gasteiger partial charge in [0.25, 0.3) is 0 Å². The van der Waals surface area contributed by atoms with Gasteiger partial charge in [-0.05, 0) is 29.8 Å². The molecule has 2 aromatic carbocycles. The SMILES string of the molecule is O=C1C[C@H](c2ccccc2)N(CC(=O)Nc2ccc(C(F)(F)F)cc2)CCN1. The fourth-order valence-corrected chi connectivity index (χ4v) is 3.19. The first kappa shape index (κ1) is 19.9. The number of alkyl halides is 3. The van der Waals surface area contributed by atoms with Crippen molar-refractivity contribution in [1.82, 2.24) is 10.2 Å². The van der Waals surface area contributed by atoms with Crippen molar-refractivity contribution < 1.29 is 22.8 Å². The summed E-state index contributed by atoms with van der Waals surface area (Å²) in [6.45, 7) is 0.941. The molecule has 0 saturated carbocycles. The van der Waals surface area contributed by atoms with Crippen molar-refractivity contribution in [2.24, 2.45) is 0 Å². The lowest BCUT2D eigenvalue weighted by Gasteiger charge is -2.28. The Morgan fingerprint density at radius 3 is 2.43 bits per heavy atom. The molecule has 2 aromatic rings. The molecule has 5 nitrogen and oxygen atoms in total. The largest absolute Gasteiger partial charge is 0.416 e. The summed E-state index contributed by atoms with van der Waals surface area (Å²) in [6, 6.07) is 13.5. The van der Waals surface area contributed by atoms with Crippen LogP contribution in [0.25, 0.3) is 0 Å². The Bertz CT molecular complexity index is 823. The molecule has 3 rings (SSSR count). The topological polar surface area (TPSA) is 61.4 Å². The maximum absolute atomic E-state index is 12.6. The highest BCUT2D eigenvalue weighted by molar-refractivity contribution is 5.92. The van der Waals surface area contributed by atoms with Crippen molar-refractivity contribution in [3.63, 3.8) is 0 Å². The van der Waals surface area contributed by atoms with E-state index in [0.717, 1.165) is 17.7 Å². The van der Waals surface area contributed by atoms with Gasteiger partial charge in [0.1, 0.15) is 0 Å². The number of nitrogens with one attached hydrogen (secondary N) is 2. The van der Waals surface area contributed by atoms with Crippen LogP contribution in [0.1, 0.15) is 23.6 Å². The minimum atomic E-state index is -4.42. The Morgan fingerprint density at radius 1 is 1.11 bits per heavy atom. The zero-order chi connectivity index (χ0) is 20.1. The summed E-state index contributed by atoms with van der Waals surface area (Å²) in [5, 5.41) is 5.42. The van der Waals surface area contributed by atoms with Gasteiger partial charge in [-0.1, -0.05) is 30.3 Å². The second-order valence-electron chi connectivity index (χ2n) is 6.57. The molecule has 1 saturated heterocycles. The molecule has 8 heteroatoms. The molecule has 1 aliphatic rings. The Labute approximate surface area is 160 Å². The highest BCUT2D eigenvalue weighted by Gasteiger charge is 2.30. The summed E-state index contributed by atoms with van der Waals surface area (Å²) < 4.78 is 37.9.